The monoisotopic (exact) mass is 198 g/mol. The van der Waals surface area contributed by atoms with Gasteiger partial charge in [-0.25, -0.2) is 0 Å². The van der Waals surface area contributed by atoms with E-state index in [1.807, 2.05) is 0 Å². The highest BCUT2D eigenvalue weighted by Gasteiger charge is 2.29. The molecule has 2 heteroatoms. The lowest BCUT2D eigenvalue weighted by Crippen LogP contribution is -2.42. The number of hydrogen-bond donors (Lipinski definition) is 1. The summed E-state index contributed by atoms with van der Waals surface area (Å²) in [5, 5.41) is 0. The largest absolute Gasteiger partial charge is 0.328 e. The molecule has 0 aromatic heterocycles. The van der Waals surface area contributed by atoms with Gasteiger partial charge in [0.05, 0.1) is 0 Å². The first-order valence-corrected chi connectivity index (χ1v) is 5.94. The standard InChI is InChI=1S/C12H26N2/c1-9(2)12(14(3)4)10-5-7-11(13)8-6-10/h9-12H,5-8,13H2,1-4H3. The molecule has 0 aromatic carbocycles. The Hall–Kier alpha value is -0.0800. The lowest BCUT2D eigenvalue weighted by molar-refractivity contribution is 0.123. The SMILES string of the molecule is CC(C)C(C1CCC(N)CC1)N(C)C. The van der Waals surface area contributed by atoms with Crippen LogP contribution in [0.4, 0.5) is 0 Å². The summed E-state index contributed by atoms with van der Waals surface area (Å²) < 4.78 is 0. The number of nitrogens with zero attached hydrogens (tertiary/aromatic N) is 1. The van der Waals surface area contributed by atoms with Crippen molar-refractivity contribution in [3.05, 3.63) is 0 Å². The van der Waals surface area contributed by atoms with Crippen LogP contribution in [0.3, 0.4) is 0 Å². The van der Waals surface area contributed by atoms with E-state index >= 15 is 0 Å². The van der Waals surface area contributed by atoms with Crippen LogP contribution in [0.25, 0.3) is 0 Å². The first-order chi connectivity index (χ1) is 6.52. The van der Waals surface area contributed by atoms with Crippen molar-refractivity contribution < 1.29 is 0 Å². The smallest absolute Gasteiger partial charge is 0.0140 e. The minimum Gasteiger partial charge on any atom is -0.328 e. The van der Waals surface area contributed by atoms with Gasteiger partial charge in [0.2, 0.25) is 0 Å². The molecule has 0 heterocycles. The summed E-state index contributed by atoms with van der Waals surface area (Å²) in [4.78, 5) is 2.40. The molecule has 14 heavy (non-hydrogen) atoms. The van der Waals surface area contributed by atoms with Crippen LogP contribution in [0.1, 0.15) is 39.5 Å². The van der Waals surface area contributed by atoms with Crippen LogP contribution in [0.5, 0.6) is 0 Å². The molecule has 0 aliphatic heterocycles. The first kappa shape index (κ1) is 12.0. The second-order valence-electron chi connectivity index (χ2n) is 5.37. The Morgan fingerprint density at radius 3 is 1.93 bits per heavy atom. The molecule has 1 unspecified atom stereocenters. The van der Waals surface area contributed by atoms with Crippen molar-refractivity contribution in [2.45, 2.75) is 51.6 Å². The predicted molar refractivity (Wildman–Crippen MR) is 62.2 cm³/mol. The predicted octanol–water partition coefficient (Wildman–Crippen LogP) is 2.09. The van der Waals surface area contributed by atoms with Gasteiger partial charge in [-0.2, -0.15) is 0 Å². The highest BCUT2D eigenvalue weighted by Crippen LogP contribution is 2.31. The Kier molecular flexibility index (Phi) is 4.39. The van der Waals surface area contributed by atoms with Crippen molar-refractivity contribution in [2.75, 3.05) is 14.1 Å². The Bertz CT molecular complexity index is 150. The minimum absolute atomic E-state index is 0.473. The molecule has 1 rings (SSSR count). The van der Waals surface area contributed by atoms with Crippen LogP contribution in [-0.4, -0.2) is 31.1 Å². The fourth-order valence-electron chi connectivity index (χ4n) is 3.05. The second-order valence-corrected chi connectivity index (χ2v) is 5.37. The molecule has 1 aliphatic rings. The molecule has 0 bridgehead atoms. The number of rotatable bonds is 3. The van der Waals surface area contributed by atoms with E-state index < -0.39 is 0 Å². The normalized spacial score (nSPS) is 31.1. The van der Waals surface area contributed by atoms with E-state index in [0.29, 0.717) is 6.04 Å². The maximum Gasteiger partial charge on any atom is 0.0140 e. The highest BCUT2D eigenvalue weighted by atomic mass is 15.1. The van der Waals surface area contributed by atoms with Crippen molar-refractivity contribution in [1.29, 1.82) is 0 Å². The fraction of sp³-hybridized carbons (Fsp3) is 1.00. The van der Waals surface area contributed by atoms with Crippen molar-refractivity contribution in [3.63, 3.8) is 0 Å². The van der Waals surface area contributed by atoms with Gasteiger partial charge in [0.25, 0.3) is 0 Å². The number of nitrogens with two attached hydrogens (primary N) is 1. The molecular weight excluding hydrogens is 172 g/mol. The highest BCUT2D eigenvalue weighted by molar-refractivity contribution is 4.84. The van der Waals surface area contributed by atoms with Gasteiger partial charge >= 0.3 is 0 Å². The van der Waals surface area contributed by atoms with Crippen LogP contribution >= 0.6 is 0 Å². The van der Waals surface area contributed by atoms with Gasteiger partial charge in [0, 0.05) is 12.1 Å². The van der Waals surface area contributed by atoms with Crippen LogP contribution in [0, 0.1) is 11.8 Å². The molecule has 0 saturated heterocycles. The van der Waals surface area contributed by atoms with Crippen LogP contribution in [-0.2, 0) is 0 Å². The zero-order valence-electron chi connectivity index (χ0n) is 10.2. The third-order valence-electron chi connectivity index (χ3n) is 3.58. The summed E-state index contributed by atoms with van der Waals surface area (Å²) in [5.41, 5.74) is 5.94. The fourth-order valence-corrected chi connectivity index (χ4v) is 3.05. The molecular formula is C12H26N2. The molecule has 84 valence electrons. The molecule has 1 saturated carbocycles. The zero-order valence-corrected chi connectivity index (χ0v) is 10.2. The summed E-state index contributed by atoms with van der Waals surface area (Å²) in [6.45, 7) is 4.67. The summed E-state index contributed by atoms with van der Waals surface area (Å²) >= 11 is 0. The Labute approximate surface area is 88.8 Å². The van der Waals surface area contributed by atoms with Crippen molar-refractivity contribution in [2.24, 2.45) is 17.6 Å². The first-order valence-electron chi connectivity index (χ1n) is 5.94. The minimum atomic E-state index is 0.473. The average molecular weight is 198 g/mol. The summed E-state index contributed by atoms with van der Waals surface area (Å²) in [7, 11) is 4.42. The molecule has 1 atom stereocenters. The van der Waals surface area contributed by atoms with E-state index in [1.165, 1.54) is 25.7 Å². The van der Waals surface area contributed by atoms with Gasteiger partial charge in [0.15, 0.2) is 0 Å². The van der Waals surface area contributed by atoms with Gasteiger partial charge in [-0.15, -0.1) is 0 Å². The molecule has 2 N–H and O–H groups in total. The quantitative estimate of drug-likeness (QED) is 0.752. The van der Waals surface area contributed by atoms with E-state index in [1.54, 1.807) is 0 Å². The topological polar surface area (TPSA) is 29.3 Å². The summed E-state index contributed by atoms with van der Waals surface area (Å²) in [6, 6.07) is 1.21. The number of hydrogen-bond acceptors (Lipinski definition) is 2. The van der Waals surface area contributed by atoms with E-state index in [0.717, 1.165) is 17.9 Å². The third kappa shape index (κ3) is 2.96. The van der Waals surface area contributed by atoms with Gasteiger partial charge in [-0.3, -0.25) is 0 Å². The molecule has 0 amide bonds. The molecule has 1 aliphatic carbocycles. The summed E-state index contributed by atoms with van der Waals surface area (Å²) in [5.74, 6) is 1.62. The molecule has 2 nitrogen and oxygen atoms in total. The van der Waals surface area contributed by atoms with Crippen LogP contribution < -0.4 is 5.73 Å². The third-order valence-corrected chi connectivity index (χ3v) is 3.58. The van der Waals surface area contributed by atoms with E-state index in [9.17, 15) is 0 Å². The van der Waals surface area contributed by atoms with Crippen LogP contribution in [0.2, 0.25) is 0 Å². The van der Waals surface area contributed by atoms with Crippen LogP contribution in [0.15, 0.2) is 0 Å². The average Bonchev–Trinajstić information content (AvgIpc) is 2.07. The second kappa shape index (κ2) is 5.13. The molecule has 0 radical (unpaired) electrons. The maximum absolute atomic E-state index is 5.94. The van der Waals surface area contributed by atoms with Gasteiger partial charge < -0.3 is 10.6 Å². The Morgan fingerprint density at radius 2 is 1.57 bits per heavy atom. The van der Waals surface area contributed by atoms with E-state index in [-0.39, 0.29) is 0 Å². The molecule has 1 fully saturated rings. The van der Waals surface area contributed by atoms with E-state index in [4.69, 9.17) is 5.73 Å². The summed E-state index contributed by atoms with van der Waals surface area (Å²) in [6.07, 6.45) is 5.09. The lowest BCUT2D eigenvalue weighted by Gasteiger charge is -2.38. The lowest BCUT2D eigenvalue weighted by atomic mass is 9.78. The Balaban J connectivity index is 2.52. The van der Waals surface area contributed by atoms with Gasteiger partial charge in [0.1, 0.15) is 0 Å². The Morgan fingerprint density at radius 1 is 1.07 bits per heavy atom. The molecule has 0 aromatic rings. The van der Waals surface area contributed by atoms with E-state index in [2.05, 4.69) is 32.8 Å². The van der Waals surface area contributed by atoms with Crippen molar-refractivity contribution in [3.8, 4) is 0 Å². The zero-order chi connectivity index (χ0) is 10.7. The van der Waals surface area contributed by atoms with Gasteiger partial charge in [-0.05, 0) is 51.6 Å². The van der Waals surface area contributed by atoms with Crippen molar-refractivity contribution in [1.82, 2.24) is 4.90 Å². The molecule has 0 spiro atoms. The maximum atomic E-state index is 5.94. The van der Waals surface area contributed by atoms with Gasteiger partial charge in [-0.1, -0.05) is 13.8 Å². The van der Waals surface area contributed by atoms with Crippen molar-refractivity contribution >= 4 is 0 Å².